The maximum absolute atomic E-state index is 11.4. The molecule has 1 fully saturated rings. The fourth-order valence-corrected chi connectivity index (χ4v) is 1.80. The molecule has 5 heteroatoms. The van der Waals surface area contributed by atoms with Gasteiger partial charge in [0.1, 0.15) is 6.61 Å². The first-order chi connectivity index (χ1) is 8.09. The number of carbonyl (C=O) groups excluding carboxylic acids is 1. The summed E-state index contributed by atoms with van der Waals surface area (Å²) < 4.78 is 4.76. The quantitative estimate of drug-likeness (QED) is 0.859. The second-order valence-corrected chi connectivity index (χ2v) is 3.99. The van der Waals surface area contributed by atoms with Crippen LogP contribution in [0.2, 0.25) is 0 Å². The standard InChI is InChI=1S/C12H13NO4/c1-8-4-2-3-5-9(8)6-13-10(11(14)15)7-17-12(13)16/h2-5,10H,6-7H2,1H3,(H,14,15). The minimum atomic E-state index is -1.04. The Balaban J connectivity index is 2.19. The molecule has 0 saturated carbocycles. The number of carbonyl (C=O) groups is 2. The lowest BCUT2D eigenvalue weighted by atomic mass is 10.1. The summed E-state index contributed by atoms with van der Waals surface area (Å²) in [6.07, 6.45) is -0.569. The van der Waals surface area contributed by atoms with Crippen molar-refractivity contribution in [2.24, 2.45) is 0 Å². The van der Waals surface area contributed by atoms with E-state index < -0.39 is 18.1 Å². The van der Waals surface area contributed by atoms with Gasteiger partial charge in [-0.3, -0.25) is 4.90 Å². The zero-order valence-electron chi connectivity index (χ0n) is 9.42. The van der Waals surface area contributed by atoms with E-state index in [1.54, 1.807) is 0 Å². The summed E-state index contributed by atoms with van der Waals surface area (Å²) in [6.45, 7) is 2.11. The van der Waals surface area contributed by atoms with Gasteiger partial charge in [-0.1, -0.05) is 24.3 Å². The van der Waals surface area contributed by atoms with E-state index in [9.17, 15) is 9.59 Å². The molecule has 1 atom stereocenters. The van der Waals surface area contributed by atoms with Crippen LogP contribution in [0.5, 0.6) is 0 Å². The Kier molecular flexibility index (Phi) is 2.99. The van der Waals surface area contributed by atoms with Gasteiger partial charge in [0.05, 0.1) is 6.54 Å². The van der Waals surface area contributed by atoms with E-state index in [-0.39, 0.29) is 13.2 Å². The van der Waals surface area contributed by atoms with E-state index in [4.69, 9.17) is 9.84 Å². The van der Waals surface area contributed by atoms with Gasteiger partial charge in [0.15, 0.2) is 6.04 Å². The van der Waals surface area contributed by atoms with Crippen LogP contribution in [0.15, 0.2) is 24.3 Å². The summed E-state index contributed by atoms with van der Waals surface area (Å²) in [5, 5.41) is 8.97. The lowest BCUT2D eigenvalue weighted by Crippen LogP contribution is -2.38. The number of ether oxygens (including phenoxy) is 1. The number of cyclic esters (lactones) is 1. The minimum Gasteiger partial charge on any atom is -0.480 e. The number of amides is 1. The van der Waals surface area contributed by atoms with Crippen molar-refractivity contribution in [1.82, 2.24) is 4.90 Å². The molecule has 1 unspecified atom stereocenters. The van der Waals surface area contributed by atoms with Gasteiger partial charge < -0.3 is 9.84 Å². The molecule has 1 aliphatic rings. The van der Waals surface area contributed by atoms with Crippen LogP contribution in [0.4, 0.5) is 4.79 Å². The predicted octanol–water partition coefficient (Wildman–Crippen LogP) is 1.40. The number of hydrogen-bond donors (Lipinski definition) is 1. The van der Waals surface area contributed by atoms with E-state index in [2.05, 4.69) is 0 Å². The Bertz CT molecular complexity index is 458. The third-order valence-electron chi connectivity index (χ3n) is 2.86. The zero-order valence-corrected chi connectivity index (χ0v) is 9.42. The van der Waals surface area contributed by atoms with E-state index in [1.807, 2.05) is 31.2 Å². The van der Waals surface area contributed by atoms with Crippen LogP contribution < -0.4 is 0 Å². The average molecular weight is 235 g/mol. The van der Waals surface area contributed by atoms with Crippen molar-refractivity contribution in [2.75, 3.05) is 6.61 Å². The van der Waals surface area contributed by atoms with E-state index in [0.29, 0.717) is 0 Å². The van der Waals surface area contributed by atoms with Gasteiger partial charge >= 0.3 is 12.1 Å². The van der Waals surface area contributed by atoms with Crippen molar-refractivity contribution in [3.05, 3.63) is 35.4 Å². The van der Waals surface area contributed by atoms with E-state index in [0.717, 1.165) is 11.1 Å². The number of benzene rings is 1. The van der Waals surface area contributed by atoms with Crippen molar-refractivity contribution in [1.29, 1.82) is 0 Å². The summed E-state index contributed by atoms with van der Waals surface area (Å²) >= 11 is 0. The molecule has 90 valence electrons. The van der Waals surface area contributed by atoms with Gasteiger partial charge in [-0.25, -0.2) is 9.59 Å². The minimum absolute atomic E-state index is 0.0833. The molecular formula is C12H13NO4. The van der Waals surface area contributed by atoms with Crippen LogP contribution in [-0.2, 0) is 16.1 Å². The molecule has 1 saturated heterocycles. The highest BCUT2D eigenvalue weighted by Gasteiger charge is 2.38. The lowest BCUT2D eigenvalue weighted by molar-refractivity contribution is -0.141. The van der Waals surface area contributed by atoms with Crippen molar-refractivity contribution >= 4 is 12.1 Å². The Morgan fingerprint density at radius 1 is 1.53 bits per heavy atom. The number of carboxylic acids is 1. The molecule has 5 nitrogen and oxygen atoms in total. The highest BCUT2D eigenvalue weighted by Crippen LogP contribution is 2.18. The fraction of sp³-hybridized carbons (Fsp3) is 0.333. The second kappa shape index (κ2) is 4.45. The third-order valence-corrected chi connectivity index (χ3v) is 2.86. The van der Waals surface area contributed by atoms with Crippen molar-refractivity contribution < 1.29 is 19.4 Å². The monoisotopic (exact) mass is 235 g/mol. The van der Waals surface area contributed by atoms with E-state index in [1.165, 1.54) is 4.90 Å². The molecule has 0 radical (unpaired) electrons. The topological polar surface area (TPSA) is 66.8 Å². The number of aryl methyl sites for hydroxylation is 1. The number of carboxylic acid groups (broad SMARTS) is 1. The Labute approximate surface area is 98.6 Å². The first-order valence-corrected chi connectivity index (χ1v) is 5.30. The molecule has 0 spiro atoms. The third kappa shape index (κ3) is 2.22. The summed E-state index contributed by atoms with van der Waals surface area (Å²) in [4.78, 5) is 23.6. The number of nitrogens with zero attached hydrogens (tertiary/aromatic N) is 1. The smallest absolute Gasteiger partial charge is 0.411 e. The van der Waals surface area contributed by atoms with Crippen molar-refractivity contribution in [2.45, 2.75) is 19.5 Å². The van der Waals surface area contributed by atoms with Gasteiger partial charge in [-0.05, 0) is 18.1 Å². The maximum atomic E-state index is 11.4. The SMILES string of the molecule is Cc1ccccc1CN1C(=O)OCC1C(=O)O. The second-order valence-electron chi connectivity index (χ2n) is 3.99. The maximum Gasteiger partial charge on any atom is 0.411 e. The molecule has 1 amide bonds. The van der Waals surface area contributed by atoms with Crippen LogP contribution in [0, 0.1) is 6.92 Å². The van der Waals surface area contributed by atoms with Crippen LogP contribution in [0.25, 0.3) is 0 Å². The first-order valence-electron chi connectivity index (χ1n) is 5.30. The van der Waals surface area contributed by atoms with Crippen molar-refractivity contribution in [3.8, 4) is 0 Å². The van der Waals surface area contributed by atoms with Gasteiger partial charge in [-0.2, -0.15) is 0 Å². The summed E-state index contributed by atoms with van der Waals surface area (Å²) in [7, 11) is 0. The molecular weight excluding hydrogens is 222 g/mol. The number of aliphatic carboxylic acids is 1. The highest BCUT2D eigenvalue weighted by molar-refractivity contribution is 5.82. The van der Waals surface area contributed by atoms with Gasteiger partial charge in [0, 0.05) is 0 Å². The Morgan fingerprint density at radius 2 is 2.24 bits per heavy atom. The molecule has 1 aromatic carbocycles. The summed E-state index contributed by atoms with van der Waals surface area (Å²) in [6, 6.07) is 6.67. The Morgan fingerprint density at radius 3 is 2.88 bits per heavy atom. The first kappa shape index (κ1) is 11.4. The average Bonchev–Trinajstić information content (AvgIpc) is 2.64. The summed E-state index contributed by atoms with van der Waals surface area (Å²) in [5.74, 6) is -1.04. The Hall–Kier alpha value is -2.04. The molecule has 0 bridgehead atoms. The molecule has 1 aromatic rings. The van der Waals surface area contributed by atoms with Gasteiger partial charge in [0.2, 0.25) is 0 Å². The molecule has 1 aliphatic heterocycles. The lowest BCUT2D eigenvalue weighted by Gasteiger charge is -2.19. The van der Waals surface area contributed by atoms with Crippen LogP contribution in [-0.4, -0.2) is 34.7 Å². The van der Waals surface area contributed by atoms with Gasteiger partial charge in [0.25, 0.3) is 0 Å². The molecule has 17 heavy (non-hydrogen) atoms. The van der Waals surface area contributed by atoms with Gasteiger partial charge in [-0.15, -0.1) is 0 Å². The molecule has 1 heterocycles. The zero-order chi connectivity index (χ0) is 12.4. The largest absolute Gasteiger partial charge is 0.480 e. The van der Waals surface area contributed by atoms with Crippen LogP contribution in [0.1, 0.15) is 11.1 Å². The fourth-order valence-electron chi connectivity index (χ4n) is 1.80. The normalized spacial score (nSPS) is 19.2. The predicted molar refractivity (Wildman–Crippen MR) is 59.5 cm³/mol. The number of rotatable bonds is 3. The molecule has 0 aliphatic carbocycles. The molecule has 0 aromatic heterocycles. The van der Waals surface area contributed by atoms with Crippen LogP contribution >= 0.6 is 0 Å². The van der Waals surface area contributed by atoms with E-state index >= 15 is 0 Å². The molecule has 2 rings (SSSR count). The number of hydrogen-bond acceptors (Lipinski definition) is 3. The summed E-state index contributed by atoms with van der Waals surface area (Å²) in [5.41, 5.74) is 1.95. The van der Waals surface area contributed by atoms with Crippen LogP contribution in [0.3, 0.4) is 0 Å². The molecule has 1 N–H and O–H groups in total. The highest BCUT2D eigenvalue weighted by atomic mass is 16.6. The van der Waals surface area contributed by atoms with Crippen molar-refractivity contribution in [3.63, 3.8) is 0 Å².